The molecule has 0 fully saturated rings. The van der Waals surface area contributed by atoms with Gasteiger partial charge >= 0.3 is 0 Å². The van der Waals surface area contributed by atoms with Gasteiger partial charge in [0, 0.05) is 33.4 Å². The van der Waals surface area contributed by atoms with Crippen LogP contribution in [0.25, 0.3) is 0 Å². The number of likely N-dealkylation sites (N-methyl/N-ethyl adjacent to an activating group) is 1. The van der Waals surface area contributed by atoms with Crippen LogP contribution in [-0.4, -0.2) is 45.2 Å². The molecule has 0 radical (unpaired) electrons. The molecule has 1 amide bonds. The fourth-order valence-electron chi connectivity index (χ4n) is 1.59. The summed E-state index contributed by atoms with van der Waals surface area (Å²) >= 11 is 0. The van der Waals surface area contributed by atoms with Gasteiger partial charge < -0.3 is 15.0 Å². The lowest BCUT2D eigenvalue weighted by atomic mass is 10.1. The van der Waals surface area contributed by atoms with Gasteiger partial charge in [0.2, 0.25) is 0 Å². The van der Waals surface area contributed by atoms with Gasteiger partial charge in [-0.05, 0) is 24.6 Å². The number of anilines is 1. The van der Waals surface area contributed by atoms with Gasteiger partial charge in [0.25, 0.3) is 5.91 Å². The average Bonchev–Trinajstić information content (AvgIpc) is 2.34. The number of hydrogen-bond donors (Lipinski definition) is 1. The van der Waals surface area contributed by atoms with Gasteiger partial charge in [-0.2, -0.15) is 0 Å². The van der Waals surface area contributed by atoms with Crippen molar-refractivity contribution in [3.05, 3.63) is 29.3 Å². The highest BCUT2D eigenvalue weighted by Crippen LogP contribution is 2.18. The van der Waals surface area contributed by atoms with Crippen LogP contribution in [0, 0.1) is 6.92 Å². The highest BCUT2D eigenvalue weighted by atomic mass is 16.5. The number of nitrogens with zero attached hydrogens (tertiary/aromatic N) is 1. The van der Waals surface area contributed by atoms with Crippen molar-refractivity contribution >= 4 is 11.6 Å². The Balaban J connectivity index is 2.87. The third-order valence-electron chi connectivity index (χ3n) is 2.65. The topological polar surface area (TPSA) is 41.6 Å². The van der Waals surface area contributed by atoms with Gasteiger partial charge in [-0.15, -0.1) is 0 Å². The fraction of sp³-hybridized carbons (Fsp3) is 0.462. The summed E-state index contributed by atoms with van der Waals surface area (Å²) in [4.78, 5) is 13.8. The van der Waals surface area contributed by atoms with E-state index < -0.39 is 0 Å². The molecule has 4 nitrogen and oxygen atoms in total. The monoisotopic (exact) mass is 236 g/mol. The lowest BCUT2D eigenvalue weighted by Crippen LogP contribution is -2.30. The highest BCUT2D eigenvalue weighted by molar-refractivity contribution is 5.99. The lowest BCUT2D eigenvalue weighted by molar-refractivity contribution is 0.0745. The fourth-order valence-corrected chi connectivity index (χ4v) is 1.59. The molecule has 1 aromatic rings. The Labute approximate surface area is 103 Å². The second-order valence-corrected chi connectivity index (χ2v) is 4.02. The molecule has 0 unspecified atom stereocenters. The smallest absolute Gasteiger partial charge is 0.255 e. The van der Waals surface area contributed by atoms with Crippen molar-refractivity contribution in [1.29, 1.82) is 0 Å². The molecular formula is C13H20N2O2. The van der Waals surface area contributed by atoms with E-state index in [0.717, 1.165) is 11.3 Å². The largest absolute Gasteiger partial charge is 0.387 e. The van der Waals surface area contributed by atoms with Crippen molar-refractivity contribution in [2.75, 3.05) is 39.7 Å². The van der Waals surface area contributed by atoms with Crippen LogP contribution >= 0.6 is 0 Å². The quantitative estimate of drug-likeness (QED) is 0.847. The maximum atomic E-state index is 12.2. The van der Waals surface area contributed by atoms with Crippen molar-refractivity contribution in [3.63, 3.8) is 0 Å². The van der Waals surface area contributed by atoms with Crippen LogP contribution in [0.3, 0.4) is 0 Å². The molecule has 0 aromatic heterocycles. The molecule has 0 heterocycles. The van der Waals surface area contributed by atoms with Gasteiger partial charge in [0.1, 0.15) is 0 Å². The summed E-state index contributed by atoms with van der Waals surface area (Å²) in [5, 5.41) is 3.05. The number of ether oxygens (including phenoxy) is 1. The number of amides is 1. The first-order chi connectivity index (χ1) is 8.10. The first-order valence-electron chi connectivity index (χ1n) is 5.63. The molecule has 1 rings (SSSR count). The van der Waals surface area contributed by atoms with Crippen LogP contribution < -0.4 is 5.32 Å². The predicted octanol–water partition coefficient (Wildman–Crippen LogP) is 1.76. The second-order valence-electron chi connectivity index (χ2n) is 4.02. The zero-order valence-corrected chi connectivity index (χ0v) is 10.9. The summed E-state index contributed by atoms with van der Waals surface area (Å²) in [6.07, 6.45) is 0. The summed E-state index contributed by atoms with van der Waals surface area (Å²) < 4.78 is 4.96. The van der Waals surface area contributed by atoms with Crippen LogP contribution in [0.2, 0.25) is 0 Å². The first-order valence-corrected chi connectivity index (χ1v) is 5.63. The molecule has 0 aliphatic rings. The Bertz CT molecular complexity index is 391. The Hall–Kier alpha value is -1.55. The molecule has 1 N–H and O–H groups in total. The number of hydrogen-bond acceptors (Lipinski definition) is 3. The van der Waals surface area contributed by atoms with Crippen molar-refractivity contribution in [1.82, 2.24) is 4.90 Å². The van der Waals surface area contributed by atoms with E-state index in [9.17, 15) is 4.79 Å². The zero-order valence-electron chi connectivity index (χ0n) is 10.9. The molecule has 0 bridgehead atoms. The Morgan fingerprint density at radius 3 is 2.76 bits per heavy atom. The summed E-state index contributed by atoms with van der Waals surface area (Å²) in [5.74, 6) is 0.00593. The summed E-state index contributed by atoms with van der Waals surface area (Å²) in [5.41, 5.74) is 2.68. The molecule has 0 saturated carbocycles. The summed E-state index contributed by atoms with van der Waals surface area (Å²) in [6, 6.07) is 5.77. The van der Waals surface area contributed by atoms with E-state index in [1.165, 1.54) is 0 Å². The molecule has 0 atom stereocenters. The summed E-state index contributed by atoms with van der Waals surface area (Å²) in [7, 11) is 5.23. The van der Waals surface area contributed by atoms with Crippen LogP contribution in [0.4, 0.5) is 5.69 Å². The Kier molecular flexibility index (Phi) is 4.97. The van der Waals surface area contributed by atoms with Gasteiger partial charge in [0.15, 0.2) is 0 Å². The van der Waals surface area contributed by atoms with Crippen molar-refractivity contribution in [3.8, 4) is 0 Å². The minimum absolute atomic E-state index is 0.00593. The molecule has 94 valence electrons. The van der Waals surface area contributed by atoms with E-state index in [4.69, 9.17) is 4.74 Å². The predicted molar refractivity (Wildman–Crippen MR) is 69.6 cm³/mol. The molecule has 0 saturated heterocycles. The number of aryl methyl sites for hydroxylation is 1. The Morgan fingerprint density at radius 2 is 2.18 bits per heavy atom. The highest BCUT2D eigenvalue weighted by Gasteiger charge is 2.14. The molecule has 4 heteroatoms. The van der Waals surface area contributed by atoms with Gasteiger partial charge in [0.05, 0.1) is 12.2 Å². The van der Waals surface area contributed by atoms with E-state index in [0.29, 0.717) is 18.7 Å². The summed E-state index contributed by atoms with van der Waals surface area (Å²) in [6.45, 7) is 3.14. The Morgan fingerprint density at radius 1 is 1.47 bits per heavy atom. The van der Waals surface area contributed by atoms with E-state index >= 15 is 0 Å². The lowest BCUT2D eigenvalue weighted by Gasteiger charge is -2.18. The molecule has 0 aliphatic carbocycles. The molecular weight excluding hydrogens is 216 g/mol. The molecule has 17 heavy (non-hydrogen) atoms. The maximum absolute atomic E-state index is 12.2. The van der Waals surface area contributed by atoms with E-state index in [2.05, 4.69) is 5.32 Å². The van der Waals surface area contributed by atoms with Gasteiger partial charge in [-0.25, -0.2) is 0 Å². The first kappa shape index (κ1) is 13.5. The van der Waals surface area contributed by atoms with Crippen molar-refractivity contribution < 1.29 is 9.53 Å². The SMILES string of the molecule is CNc1cc(C)ccc1C(=O)N(C)CCOC. The number of rotatable bonds is 5. The standard InChI is InChI=1S/C13H20N2O2/c1-10-5-6-11(12(9-10)14-2)13(16)15(3)7-8-17-4/h5-6,9,14H,7-8H2,1-4H3. The number of carbonyl (C=O) groups is 1. The van der Waals surface area contributed by atoms with E-state index in [1.807, 2.05) is 32.2 Å². The number of methoxy groups -OCH3 is 1. The van der Waals surface area contributed by atoms with E-state index in [-0.39, 0.29) is 5.91 Å². The molecule has 0 spiro atoms. The average molecular weight is 236 g/mol. The second kappa shape index (κ2) is 6.25. The minimum Gasteiger partial charge on any atom is -0.387 e. The van der Waals surface area contributed by atoms with Crippen molar-refractivity contribution in [2.45, 2.75) is 6.92 Å². The number of nitrogens with one attached hydrogen (secondary N) is 1. The minimum atomic E-state index is 0.00593. The van der Waals surface area contributed by atoms with Gasteiger partial charge in [-0.1, -0.05) is 6.07 Å². The number of benzene rings is 1. The third kappa shape index (κ3) is 3.46. The van der Waals surface area contributed by atoms with E-state index in [1.54, 1.807) is 19.1 Å². The molecule has 1 aromatic carbocycles. The van der Waals surface area contributed by atoms with Gasteiger partial charge in [-0.3, -0.25) is 4.79 Å². The maximum Gasteiger partial charge on any atom is 0.255 e. The van der Waals surface area contributed by atoms with Crippen LogP contribution in [0.5, 0.6) is 0 Å². The normalized spacial score (nSPS) is 10.1. The van der Waals surface area contributed by atoms with Crippen LogP contribution in [0.1, 0.15) is 15.9 Å². The van der Waals surface area contributed by atoms with Crippen LogP contribution in [-0.2, 0) is 4.74 Å². The zero-order chi connectivity index (χ0) is 12.8. The van der Waals surface area contributed by atoms with Crippen LogP contribution in [0.15, 0.2) is 18.2 Å². The van der Waals surface area contributed by atoms with Crippen molar-refractivity contribution in [2.24, 2.45) is 0 Å². The molecule has 0 aliphatic heterocycles. The number of carbonyl (C=O) groups excluding carboxylic acids is 1. The third-order valence-corrected chi connectivity index (χ3v) is 2.65.